The van der Waals surface area contributed by atoms with E-state index >= 15 is 0 Å². The van der Waals surface area contributed by atoms with E-state index in [9.17, 15) is 23.3 Å². The fraction of sp³-hybridized carbons (Fsp3) is 0.0500. The van der Waals surface area contributed by atoms with Crippen LogP contribution in [-0.4, -0.2) is 26.4 Å². The van der Waals surface area contributed by atoms with Crippen LogP contribution in [0.2, 0.25) is 0 Å². The Hall–Kier alpha value is -3.72. The molecule has 0 spiro atoms. The van der Waals surface area contributed by atoms with Crippen LogP contribution in [0.15, 0.2) is 83.8 Å². The molecule has 0 N–H and O–H groups in total. The molecule has 0 aliphatic rings. The number of carbonyl (C=O) groups is 1. The van der Waals surface area contributed by atoms with E-state index in [1.54, 1.807) is 6.07 Å². The smallest absolute Gasteiger partial charge is 0.272 e. The van der Waals surface area contributed by atoms with Crippen LogP contribution in [0, 0.1) is 10.1 Å². The maximum atomic E-state index is 13.3. The van der Waals surface area contributed by atoms with Gasteiger partial charge in [0.05, 0.1) is 22.6 Å². The molecule has 3 aromatic rings. The number of ether oxygens (including phenoxy) is 1. The number of nitro groups is 1. The predicted octanol–water partition coefficient (Wildman–Crippen LogP) is 3.64. The average molecular weight is 412 g/mol. The molecule has 148 valence electrons. The van der Waals surface area contributed by atoms with Gasteiger partial charge in [0.1, 0.15) is 5.75 Å². The Bertz CT molecular complexity index is 1150. The number of anilines is 1. The first-order chi connectivity index (χ1) is 13.8. The third-order valence-corrected chi connectivity index (χ3v) is 5.80. The van der Waals surface area contributed by atoms with Crippen molar-refractivity contribution in [3.05, 3.63) is 94.5 Å². The van der Waals surface area contributed by atoms with Crippen molar-refractivity contribution in [3.8, 4) is 5.75 Å². The summed E-state index contributed by atoms with van der Waals surface area (Å²) in [5, 5.41) is 11.1. The zero-order valence-corrected chi connectivity index (χ0v) is 16.1. The summed E-state index contributed by atoms with van der Waals surface area (Å²) < 4.78 is 32.2. The number of benzene rings is 3. The number of non-ortho nitro benzene ring substituents is 1. The van der Waals surface area contributed by atoms with Gasteiger partial charge in [-0.2, -0.15) is 4.31 Å². The van der Waals surface area contributed by atoms with Crippen molar-refractivity contribution in [2.45, 2.75) is 4.90 Å². The molecule has 0 saturated heterocycles. The zero-order chi connectivity index (χ0) is 21.0. The lowest BCUT2D eigenvalue weighted by Gasteiger charge is -2.23. The van der Waals surface area contributed by atoms with Crippen LogP contribution in [0.5, 0.6) is 5.75 Å². The summed E-state index contributed by atoms with van der Waals surface area (Å²) in [6.07, 6.45) is 0. The Morgan fingerprint density at radius 3 is 2.21 bits per heavy atom. The molecule has 3 rings (SSSR count). The van der Waals surface area contributed by atoms with E-state index < -0.39 is 20.9 Å². The van der Waals surface area contributed by atoms with Crippen LogP contribution < -0.4 is 9.04 Å². The van der Waals surface area contributed by atoms with Crippen LogP contribution in [0.4, 0.5) is 11.4 Å². The van der Waals surface area contributed by atoms with Gasteiger partial charge in [-0.1, -0.05) is 24.3 Å². The first-order valence-corrected chi connectivity index (χ1v) is 9.82. The molecule has 1 amide bonds. The Labute approximate surface area is 167 Å². The number of nitrogens with zero attached hydrogens (tertiary/aromatic N) is 2. The summed E-state index contributed by atoms with van der Waals surface area (Å²) in [6.45, 7) is 0. The summed E-state index contributed by atoms with van der Waals surface area (Å²) in [5.74, 6) is -0.434. The van der Waals surface area contributed by atoms with Crippen LogP contribution in [0.1, 0.15) is 10.4 Å². The molecule has 0 aromatic heterocycles. The van der Waals surface area contributed by atoms with Gasteiger partial charge in [-0.05, 0) is 42.5 Å². The third-order valence-electron chi connectivity index (χ3n) is 4.08. The third kappa shape index (κ3) is 4.09. The molecule has 0 unspecified atom stereocenters. The molecule has 0 saturated carbocycles. The second-order valence-corrected chi connectivity index (χ2v) is 7.68. The van der Waals surface area contributed by atoms with Gasteiger partial charge < -0.3 is 4.74 Å². The van der Waals surface area contributed by atoms with E-state index in [4.69, 9.17) is 4.74 Å². The molecule has 0 fully saturated rings. The summed E-state index contributed by atoms with van der Waals surface area (Å²) in [7, 11) is -2.82. The molecule has 0 aliphatic heterocycles. The molecule has 0 heterocycles. The second kappa shape index (κ2) is 8.11. The minimum Gasteiger partial charge on any atom is -0.497 e. The van der Waals surface area contributed by atoms with Gasteiger partial charge in [0.2, 0.25) is 0 Å². The summed E-state index contributed by atoms with van der Waals surface area (Å²) in [6, 6.07) is 18.3. The van der Waals surface area contributed by atoms with Gasteiger partial charge >= 0.3 is 0 Å². The van der Waals surface area contributed by atoms with Crippen LogP contribution in [0.25, 0.3) is 0 Å². The Balaban J connectivity index is 2.16. The van der Waals surface area contributed by atoms with Gasteiger partial charge in [0.15, 0.2) is 0 Å². The molecule has 0 aliphatic carbocycles. The molecule has 3 aromatic carbocycles. The molecule has 29 heavy (non-hydrogen) atoms. The molecule has 0 bridgehead atoms. The normalized spacial score (nSPS) is 10.9. The number of nitro benzene ring substituents is 1. The van der Waals surface area contributed by atoms with Crippen LogP contribution in [-0.2, 0) is 10.0 Å². The van der Waals surface area contributed by atoms with Crippen molar-refractivity contribution < 1.29 is 22.9 Å². The maximum absolute atomic E-state index is 13.3. The average Bonchev–Trinajstić information content (AvgIpc) is 2.75. The van der Waals surface area contributed by atoms with Gasteiger partial charge in [-0.15, -0.1) is 0 Å². The van der Waals surface area contributed by atoms with E-state index in [1.165, 1.54) is 73.8 Å². The minimum absolute atomic E-state index is 0.0751. The molecule has 0 atom stereocenters. The molecule has 9 heteroatoms. The van der Waals surface area contributed by atoms with E-state index in [1.807, 2.05) is 0 Å². The quantitative estimate of drug-likeness (QED) is 0.452. The van der Waals surface area contributed by atoms with E-state index in [-0.39, 0.29) is 21.8 Å². The monoisotopic (exact) mass is 412 g/mol. The van der Waals surface area contributed by atoms with E-state index in [0.29, 0.717) is 10.1 Å². The van der Waals surface area contributed by atoms with Gasteiger partial charge in [-0.25, -0.2) is 8.42 Å². The van der Waals surface area contributed by atoms with Crippen molar-refractivity contribution in [2.75, 3.05) is 11.4 Å². The van der Waals surface area contributed by atoms with Crippen molar-refractivity contribution in [1.82, 2.24) is 0 Å². The Morgan fingerprint density at radius 2 is 1.62 bits per heavy atom. The number of hydrogen-bond donors (Lipinski definition) is 0. The Kier molecular flexibility index (Phi) is 5.60. The maximum Gasteiger partial charge on any atom is 0.272 e. The predicted molar refractivity (Wildman–Crippen MR) is 107 cm³/mol. The van der Waals surface area contributed by atoms with Gasteiger partial charge in [0, 0.05) is 17.7 Å². The van der Waals surface area contributed by atoms with Crippen molar-refractivity contribution in [2.24, 2.45) is 0 Å². The largest absolute Gasteiger partial charge is 0.497 e. The lowest BCUT2D eigenvalue weighted by atomic mass is 10.2. The number of sulfonamides is 1. The highest BCUT2D eigenvalue weighted by molar-refractivity contribution is 7.93. The molecule has 0 radical (unpaired) electrons. The summed E-state index contributed by atoms with van der Waals surface area (Å²) in [4.78, 5) is 23.5. The lowest BCUT2D eigenvalue weighted by Crippen LogP contribution is -2.37. The minimum atomic E-state index is -4.28. The van der Waals surface area contributed by atoms with E-state index in [2.05, 4.69) is 0 Å². The number of rotatable bonds is 6. The number of carbonyl (C=O) groups excluding carboxylic acids is 1. The van der Waals surface area contributed by atoms with Gasteiger partial charge in [0.25, 0.3) is 21.6 Å². The fourth-order valence-corrected chi connectivity index (χ4v) is 4.09. The molecular weight excluding hydrogens is 396 g/mol. The molecule has 8 nitrogen and oxygen atoms in total. The van der Waals surface area contributed by atoms with Gasteiger partial charge in [-0.3, -0.25) is 14.9 Å². The standard InChI is InChI=1S/C20H16N2O6S/c1-28-18-12-10-16(11-13-18)21(29(26,27)19-8-3-2-4-9-19)20(23)15-6-5-7-17(14-15)22(24)25/h2-14H,1H3. The second-order valence-electron chi connectivity index (χ2n) is 5.89. The first kappa shape index (κ1) is 20.0. The summed E-state index contributed by atoms with van der Waals surface area (Å²) in [5.41, 5.74) is -0.372. The highest BCUT2D eigenvalue weighted by Gasteiger charge is 2.32. The zero-order valence-electron chi connectivity index (χ0n) is 15.3. The van der Waals surface area contributed by atoms with E-state index in [0.717, 1.165) is 6.07 Å². The highest BCUT2D eigenvalue weighted by atomic mass is 32.2. The SMILES string of the molecule is COc1ccc(N(C(=O)c2cccc([N+](=O)[O-])c2)S(=O)(=O)c2ccccc2)cc1. The fourth-order valence-electron chi connectivity index (χ4n) is 2.65. The number of methoxy groups -OCH3 is 1. The van der Waals surface area contributed by atoms with Crippen molar-refractivity contribution >= 4 is 27.3 Å². The lowest BCUT2D eigenvalue weighted by molar-refractivity contribution is -0.384. The number of amides is 1. The first-order valence-electron chi connectivity index (χ1n) is 8.38. The van der Waals surface area contributed by atoms with Crippen LogP contribution >= 0.6 is 0 Å². The summed E-state index contributed by atoms with van der Waals surface area (Å²) >= 11 is 0. The number of hydrogen-bond acceptors (Lipinski definition) is 6. The molecular formula is C20H16N2O6S. The Morgan fingerprint density at radius 1 is 0.966 bits per heavy atom. The topological polar surface area (TPSA) is 107 Å². The van der Waals surface area contributed by atoms with Crippen molar-refractivity contribution in [1.29, 1.82) is 0 Å². The highest BCUT2D eigenvalue weighted by Crippen LogP contribution is 2.28. The van der Waals surface area contributed by atoms with Crippen molar-refractivity contribution in [3.63, 3.8) is 0 Å². The van der Waals surface area contributed by atoms with Crippen LogP contribution in [0.3, 0.4) is 0 Å².